The summed E-state index contributed by atoms with van der Waals surface area (Å²) in [6.45, 7) is 1.00. The molecule has 10 atom stereocenters. The number of aromatic nitrogens is 3. The molecule has 0 spiro atoms. The molecule has 1 aliphatic heterocycles. The van der Waals surface area contributed by atoms with Gasteiger partial charge in [0.1, 0.15) is 6.10 Å². The number of aliphatic hydroxyl groups is 1. The normalized spacial score (nSPS) is 24.5. The maximum Gasteiger partial charge on any atom is 0.490 e. The lowest BCUT2D eigenvalue weighted by molar-refractivity contribution is -0.0167. The lowest BCUT2D eigenvalue weighted by atomic mass is 10.1. The number of unbranched alkanes of at least 4 members (excludes halogenated alkanes) is 9. The van der Waals surface area contributed by atoms with Gasteiger partial charge in [0, 0.05) is 26.3 Å². The molecule has 8 unspecified atom stereocenters. The van der Waals surface area contributed by atoms with Crippen LogP contribution >= 0.6 is 54.8 Å². The molecular weight excluding hydrogens is 947 g/mol. The van der Waals surface area contributed by atoms with E-state index in [1.165, 1.54) is 0 Å². The molecule has 1 aromatic rings. The summed E-state index contributed by atoms with van der Waals surface area (Å²) in [6.07, 6.45) is 8.04. The fourth-order valence-corrected chi connectivity index (χ4v) is 13.3. The molecule has 59 heavy (non-hydrogen) atoms. The highest BCUT2D eigenvalue weighted by Crippen LogP contribution is 2.75. The van der Waals surface area contributed by atoms with Crippen LogP contribution in [0.2, 0.25) is 0 Å². The predicted molar refractivity (Wildman–Crippen MR) is 199 cm³/mol. The topological polar surface area (TPSA) is 404 Å². The maximum absolute atomic E-state index is 12.1. The van der Waals surface area contributed by atoms with Crippen molar-refractivity contribution in [3.63, 3.8) is 0 Å². The van der Waals surface area contributed by atoms with Crippen LogP contribution in [0.4, 0.5) is 0 Å². The molecule has 0 aliphatic carbocycles. The average molecular weight is 999 g/mol. The number of nitrogens with zero attached hydrogens (tertiary/aromatic N) is 3. The minimum atomic E-state index is -6.38. The van der Waals surface area contributed by atoms with E-state index in [4.69, 9.17) is 9.26 Å². The second-order valence-electron chi connectivity index (χ2n) is 12.7. The quantitative estimate of drug-likeness (QED) is 0.0334. The molecule has 28 nitrogen and oxygen atoms in total. The molecule has 8 N–H and O–H groups in total. The van der Waals surface area contributed by atoms with Crippen molar-refractivity contribution >= 4 is 54.8 Å². The van der Waals surface area contributed by atoms with E-state index in [0.717, 1.165) is 51.3 Å². The number of aliphatic hydroxyl groups excluding tert-OH is 1. The van der Waals surface area contributed by atoms with E-state index < -0.39 is 86.3 Å². The molecule has 1 fully saturated rings. The predicted octanol–water partition coefficient (Wildman–Crippen LogP) is 5.13. The van der Waals surface area contributed by atoms with E-state index in [-0.39, 0.29) is 19.4 Å². The van der Waals surface area contributed by atoms with Crippen molar-refractivity contribution in [2.45, 2.75) is 115 Å². The Morgan fingerprint density at radius 1 is 0.627 bits per heavy atom. The summed E-state index contributed by atoms with van der Waals surface area (Å²) in [5, 5.41) is 18.0. The van der Waals surface area contributed by atoms with Gasteiger partial charge in [0.2, 0.25) is 0 Å². The highest BCUT2D eigenvalue weighted by molar-refractivity contribution is 7.72. The highest BCUT2D eigenvalue weighted by Gasteiger charge is 2.49. The molecule has 1 aliphatic rings. The van der Waals surface area contributed by atoms with Crippen molar-refractivity contribution in [3.8, 4) is 0 Å². The molecule has 35 heteroatoms. The standard InChI is InChI=1S/C24H52N3O25P7/c1-21-18-23(28)24(47-21)20-46-55(33,34)49-57(37,38)51-59(41,42)52-58(39,40)50-56(35,36)48-54(31,32)45-16-12-9-7-5-3-4-6-8-11-15-27-19-22(25-26-27)14-10-13-17-44-53(29,30)43-2/h19,21,23-24,28H,3-18,20H2,1-2H3,(H,29,30)(H,31,32)(H,33,34)(H,35,36)(H,37,38)(H,39,40)(H,41,42)/t21-,23?,24+/m0/s1. The van der Waals surface area contributed by atoms with Crippen LogP contribution in [0, 0.1) is 0 Å². The van der Waals surface area contributed by atoms with Gasteiger partial charge in [0.25, 0.3) is 0 Å². The van der Waals surface area contributed by atoms with Crippen molar-refractivity contribution in [2.24, 2.45) is 0 Å². The minimum Gasteiger partial charge on any atom is -0.390 e. The zero-order valence-electron chi connectivity index (χ0n) is 31.8. The lowest BCUT2D eigenvalue weighted by Crippen LogP contribution is -2.26. The minimum absolute atomic E-state index is 0.0880. The van der Waals surface area contributed by atoms with Gasteiger partial charge in [0.05, 0.1) is 37.7 Å². The molecule has 0 aromatic carbocycles. The first-order valence-electron chi connectivity index (χ1n) is 17.7. The summed E-state index contributed by atoms with van der Waals surface area (Å²) >= 11 is 0. The smallest absolute Gasteiger partial charge is 0.390 e. The van der Waals surface area contributed by atoms with E-state index >= 15 is 0 Å². The Morgan fingerprint density at radius 2 is 1.05 bits per heavy atom. The Balaban J connectivity index is 1.59. The largest absolute Gasteiger partial charge is 0.490 e. The lowest BCUT2D eigenvalue weighted by Gasteiger charge is -2.21. The van der Waals surface area contributed by atoms with Crippen LogP contribution < -0.4 is 0 Å². The summed E-state index contributed by atoms with van der Waals surface area (Å²) in [5.41, 5.74) is 0.806. The second-order valence-corrected chi connectivity index (χ2v) is 23.7. The second kappa shape index (κ2) is 24.9. The van der Waals surface area contributed by atoms with Crippen LogP contribution in [-0.4, -0.2) is 99.6 Å². The SMILES string of the molecule is COP(=O)(O)OCCCCc1cn(CCCCCCCCCCCOP(=O)(O)OP(=O)(O)OP(=O)(O)OP(=O)(O)OP(=O)(O)OP(=O)(O)OC[C@H]2O[C@@H](C)CC2O)nn1. The van der Waals surface area contributed by atoms with Gasteiger partial charge in [-0.05, 0) is 39.0 Å². The first-order valence-corrected chi connectivity index (χ1v) is 28.2. The number of rotatable bonds is 33. The summed E-state index contributed by atoms with van der Waals surface area (Å²) in [6, 6.07) is 0. The molecule has 1 aromatic heterocycles. The van der Waals surface area contributed by atoms with Crippen LogP contribution in [0.5, 0.6) is 0 Å². The van der Waals surface area contributed by atoms with Crippen molar-refractivity contribution in [1.29, 1.82) is 0 Å². The third-order valence-corrected chi connectivity index (χ3v) is 17.7. The molecule has 1 saturated heterocycles. The Kier molecular flexibility index (Phi) is 23.3. The van der Waals surface area contributed by atoms with Crippen LogP contribution in [0.25, 0.3) is 0 Å². The monoisotopic (exact) mass is 999 g/mol. The van der Waals surface area contributed by atoms with Crippen molar-refractivity contribution < 1.29 is 116 Å². The van der Waals surface area contributed by atoms with Crippen molar-refractivity contribution in [2.75, 3.05) is 26.9 Å². The van der Waals surface area contributed by atoms with E-state index in [0.29, 0.717) is 38.6 Å². The van der Waals surface area contributed by atoms with Crippen LogP contribution in [0.3, 0.4) is 0 Å². The fraction of sp³-hybridized carbons (Fsp3) is 0.917. The number of phosphoric ester groups is 3. The van der Waals surface area contributed by atoms with Crippen LogP contribution in [0.15, 0.2) is 6.20 Å². The van der Waals surface area contributed by atoms with E-state index in [9.17, 15) is 71.3 Å². The molecule has 0 amide bonds. The Hall–Kier alpha value is 0.0300. The number of hydrogen-bond donors (Lipinski definition) is 8. The van der Waals surface area contributed by atoms with Gasteiger partial charge in [-0.1, -0.05) is 50.2 Å². The zero-order valence-corrected chi connectivity index (χ0v) is 38.1. The number of phosphoric acid groups is 7. The molecule has 2 heterocycles. The van der Waals surface area contributed by atoms with Crippen molar-refractivity contribution in [3.05, 3.63) is 11.9 Å². The van der Waals surface area contributed by atoms with Crippen LogP contribution in [0.1, 0.15) is 89.7 Å². The summed E-state index contributed by atoms with van der Waals surface area (Å²) in [5.74, 6) is 0. The molecule has 0 saturated carbocycles. The van der Waals surface area contributed by atoms with E-state index in [2.05, 4.69) is 45.4 Å². The molecule has 0 radical (unpaired) electrons. The highest BCUT2D eigenvalue weighted by atomic mass is 31.3. The van der Waals surface area contributed by atoms with Gasteiger partial charge in [-0.15, -0.1) is 5.10 Å². The third-order valence-electron chi connectivity index (χ3n) is 7.53. The number of aryl methyl sites for hydroxylation is 2. The molecular formula is C24H52N3O25P7. The summed E-state index contributed by atoms with van der Waals surface area (Å²) in [7, 11) is -39.0. The Labute approximate surface area is 339 Å². The third kappa shape index (κ3) is 25.2. The van der Waals surface area contributed by atoms with Crippen LogP contribution in [-0.2, 0) is 89.3 Å². The van der Waals surface area contributed by atoms with Gasteiger partial charge in [-0.25, -0.2) is 32.0 Å². The summed E-state index contributed by atoms with van der Waals surface area (Å²) in [4.78, 5) is 67.0. The fourth-order valence-electron chi connectivity index (χ4n) is 5.01. The molecule has 348 valence electrons. The Morgan fingerprint density at radius 3 is 1.53 bits per heavy atom. The Bertz CT molecular complexity index is 1780. The van der Waals surface area contributed by atoms with Gasteiger partial charge in [-0.3, -0.25) is 22.8 Å². The van der Waals surface area contributed by atoms with Gasteiger partial charge >= 0.3 is 54.8 Å². The van der Waals surface area contributed by atoms with Gasteiger partial charge in [-0.2, -0.15) is 21.6 Å². The number of hydrogen-bond acceptors (Lipinski definition) is 20. The summed E-state index contributed by atoms with van der Waals surface area (Å²) < 4.78 is 127. The van der Waals surface area contributed by atoms with Gasteiger partial charge < -0.3 is 44.1 Å². The van der Waals surface area contributed by atoms with Crippen molar-refractivity contribution in [1.82, 2.24) is 15.0 Å². The molecule has 0 bridgehead atoms. The average Bonchev–Trinajstić information content (AvgIpc) is 3.65. The first-order chi connectivity index (χ1) is 27.1. The molecule has 2 rings (SSSR count). The van der Waals surface area contributed by atoms with E-state index in [1.54, 1.807) is 11.6 Å². The number of ether oxygens (including phenoxy) is 1. The maximum atomic E-state index is 12.1. The first kappa shape index (κ1) is 55.2. The van der Waals surface area contributed by atoms with Gasteiger partial charge in [0.15, 0.2) is 0 Å². The zero-order chi connectivity index (χ0) is 44.6. The van der Waals surface area contributed by atoms with E-state index in [1.807, 2.05) is 6.20 Å².